The summed E-state index contributed by atoms with van der Waals surface area (Å²) in [4.78, 5) is 0. The minimum absolute atomic E-state index is 0.564. The number of hydrogen-bond acceptors (Lipinski definition) is 2. The van der Waals surface area contributed by atoms with E-state index in [2.05, 4.69) is 12.1 Å². The van der Waals surface area contributed by atoms with Crippen molar-refractivity contribution in [2.45, 2.75) is 13.2 Å². The highest BCUT2D eigenvalue weighted by Gasteiger charge is 2.11. The molecule has 0 bridgehead atoms. The first-order valence-corrected chi connectivity index (χ1v) is 6.01. The van der Waals surface area contributed by atoms with Crippen molar-refractivity contribution >= 4 is 6.08 Å². The average Bonchev–Trinajstić information content (AvgIpc) is 2.63. The molecule has 90 valence electrons. The molecule has 2 aromatic carbocycles. The zero-order chi connectivity index (χ0) is 12.2. The molecule has 2 nitrogen and oxygen atoms in total. The fourth-order valence-electron chi connectivity index (χ4n) is 1.95. The molecule has 2 heteroatoms. The van der Waals surface area contributed by atoms with Crippen molar-refractivity contribution in [3.05, 3.63) is 77.2 Å². The molecule has 0 atom stereocenters. The van der Waals surface area contributed by atoms with E-state index in [1.165, 1.54) is 11.1 Å². The van der Waals surface area contributed by atoms with Crippen molar-refractivity contribution in [2.75, 3.05) is 0 Å². The highest BCUT2D eigenvalue weighted by atomic mass is 16.7. The van der Waals surface area contributed by atoms with E-state index >= 15 is 0 Å². The Hall–Kier alpha value is -2.22. The summed E-state index contributed by atoms with van der Waals surface area (Å²) in [7, 11) is 0. The minimum atomic E-state index is 0.564. The van der Waals surface area contributed by atoms with Crippen molar-refractivity contribution in [3.8, 4) is 0 Å². The third-order valence-electron chi connectivity index (χ3n) is 2.94. The monoisotopic (exact) mass is 238 g/mol. The summed E-state index contributed by atoms with van der Waals surface area (Å²) in [6.07, 6.45) is 1.92. The van der Waals surface area contributed by atoms with Crippen LogP contribution in [0.15, 0.2) is 60.5 Å². The van der Waals surface area contributed by atoms with Gasteiger partial charge in [0, 0.05) is 6.08 Å². The van der Waals surface area contributed by atoms with Gasteiger partial charge < -0.3 is 9.47 Å². The summed E-state index contributed by atoms with van der Waals surface area (Å²) in [6.45, 7) is 1.13. The largest absolute Gasteiger partial charge is 0.461 e. The summed E-state index contributed by atoms with van der Waals surface area (Å²) >= 11 is 0. The van der Waals surface area contributed by atoms with E-state index in [0.29, 0.717) is 19.2 Å². The maximum atomic E-state index is 5.67. The molecule has 0 amide bonds. The van der Waals surface area contributed by atoms with Crippen LogP contribution in [0.1, 0.15) is 16.7 Å². The Morgan fingerprint density at radius 2 is 1.28 bits per heavy atom. The lowest BCUT2D eigenvalue weighted by Crippen LogP contribution is -1.92. The quantitative estimate of drug-likeness (QED) is 0.753. The number of fused-ring (bicyclic) bond motifs is 1. The predicted octanol–water partition coefficient (Wildman–Crippen LogP) is 3.73. The molecular formula is C16H14O2. The molecule has 0 saturated heterocycles. The average molecular weight is 238 g/mol. The number of ether oxygens (including phenoxy) is 2. The van der Waals surface area contributed by atoms with Crippen LogP contribution < -0.4 is 0 Å². The number of benzene rings is 2. The van der Waals surface area contributed by atoms with Crippen LogP contribution in [0, 0.1) is 0 Å². The predicted molar refractivity (Wildman–Crippen MR) is 70.4 cm³/mol. The second-order valence-corrected chi connectivity index (χ2v) is 4.22. The Labute approximate surface area is 106 Å². The molecule has 1 aliphatic heterocycles. The lowest BCUT2D eigenvalue weighted by Gasteiger charge is -2.06. The fourth-order valence-corrected chi connectivity index (χ4v) is 1.95. The van der Waals surface area contributed by atoms with E-state index in [1.807, 2.05) is 48.5 Å². The van der Waals surface area contributed by atoms with Gasteiger partial charge in [-0.3, -0.25) is 0 Å². The molecule has 0 N–H and O–H groups in total. The third kappa shape index (κ3) is 2.38. The third-order valence-corrected chi connectivity index (χ3v) is 2.94. The molecule has 3 rings (SSSR count). The zero-order valence-electron chi connectivity index (χ0n) is 10.0. The first kappa shape index (κ1) is 10.9. The molecule has 0 fully saturated rings. The molecule has 2 aromatic rings. The van der Waals surface area contributed by atoms with Gasteiger partial charge in [-0.15, -0.1) is 0 Å². The molecule has 1 aliphatic rings. The van der Waals surface area contributed by atoms with E-state index in [-0.39, 0.29) is 0 Å². The van der Waals surface area contributed by atoms with E-state index < -0.39 is 0 Å². The van der Waals surface area contributed by atoms with Crippen molar-refractivity contribution in [2.24, 2.45) is 0 Å². The molecule has 0 spiro atoms. The maximum absolute atomic E-state index is 5.67. The van der Waals surface area contributed by atoms with Gasteiger partial charge in [0.25, 0.3) is 5.95 Å². The van der Waals surface area contributed by atoms with Crippen molar-refractivity contribution in [1.82, 2.24) is 0 Å². The second-order valence-electron chi connectivity index (χ2n) is 4.22. The van der Waals surface area contributed by atoms with Crippen LogP contribution in [0.5, 0.6) is 0 Å². The summed E-state index contributed by atoms with van der Waals surface area (Å²) in [5, 5.41) is 0. The molecule has 0 unspecified atom stereocenters. The SMILES string of the molecule is C(=C1OCc2ccccc2CO1)c1ccccc1. The van der Waals surface area contributed by atoms with Crippen LogP contribution in [-0.2, 0) is 22.7 Å². The van der Waals surface area contributed by atoms with Gasteiger partial charge in [0.05, 0.1) is 0 Å². The maximum Gasteiger partial charge on any atom is 0.280 e. The summed E-state index contributed by atoms with van der Waals surface area (Å²) in [6, 6.07) is 18.2. The van der Waals surface area contributed by atoms with Crippen LogP contribution >= 0.6 is 0 Å². The highest BCUT2D eigenvalue weighted by molar-refractivity contribution is 5.49. The van der Waals surface area contributed by atoms with Crippen molar-refractivity contribution in [1.29, 1.82) is 0 Å². The van der Waals surface area contributed by atoms with Crippen LogP contribution in [0.4, 0.5) is 0 Å². The molecular weight excluding hydrogens is 224 g/mol. The van der Waals surface area contributed by atoms with E-state index in [0.717, 1.165) is 5.56 Å². The Balaban J connectivity index is 1.81. The van der Waals surface area contributed by atoms with Gasteiger partial charge in [-0.05, 0) is 16.7 Å². The van der Waals surface area contributed by atoms with Crippen molar-refractivity contribution in [3.63, 3.8) is 0 Å². The molecule has 1 heterocycles. The number of hydrogen-bond donors (Lipinski definition) is 0. The van der Waals surface area contributed by atoms with E-state index in [9.17, 15) is 0 Å². The molecule has 0 aliphatic carbocycles. The second kappa shape index (κ2) is 4.96. The number of rotatable bonds is 1. The van der Waals surface area contributed by atoms with Crippen LogP contribution in [-0.4, -0.2) is 0 Å². The molecule has 18 heavy (non-hydrogen) atoms. The van der Waals surface area contributed by atoms with E-state index in [1.54, 1.807) is 0 Å². The van der Waals surface area contributed by atoms with Gasteiger partial charge >= 0.3 is 0 Å². The van der Waals surface area contributed by atoms with Crippen LogP contribution in [0.2, 0.25) is 0 Å². The fraction of sp³-hybridized carbons (Fsp3) is 0.125. The van der Waals surface area contributed by atoms with Crippen molar-refractivity contribution < 1.29 is 9.47 Å². The normalized spacial score (nSPS) is 13.9. The van der Waals surface area contributed by atoms with Gasteiger partial charge in [0.15, 0.2) is 0 Å². The van der Waals surface area contributed by atoms with Gasteiger partial charge in [0.1, 0.15) is 13.2 Å². The van der Waals surface area contributed by atoms with E-state index in [4.69, 9.17) is 9.47 Å². The Bertz CT molecular complexity index is 529. The Kier molecular flexibility index (Phi) is 3.01. The molecule has 0 radical (unpaired) electrons. The topological polar surface area (TPSA) is 18.5 Å². The first-order valence-electron chi connectivity index (χ1n) is 6.01. The smallest absolute Gasteiger partial charge is 0.280 e. The zero-order valence-corrected chi connectivity index (χ0v) is 10.0. The molecule has 0 aromatic heterocycles. The molecule has 0 saturated carbocycles. The first-order chi connectivity index (χ1) is 8.92. The Morgan fingerprint density at radius 3 is 1.89 bits per heavy atom. The van der Waals surface area contributed by atoms with Crippen LogP contribution in [0.3, 0.4) is 0 Å². The van der Waals surface area contributed by atoms with Gasteiger partial charge in [0.2, 0.25) is 0 Å². The van der Waals surface area contributed by atoms with Crippen LogP contribution in [0.25, 0.3) is 6.08 Å². The lowest BCUT2D eigenvalue weighted by molar-refractivity contribution is 0.0360. The minimum Gasteiger partial charge on any atom is -0.461 e. The van der Waals surface area contributed by atoms with Gasteiger partial charge in [-0.2, -0.15) is 0 Å². The summed E-state index contributed by atoms with van der Waals surface area (Å²) in [5.41, 5.74) is 3.46. The summed E-state index contributed by atoms with van der Waals surface area (Å²) in [5.74, 6) is 0.581. The Morgan fingerprint density at radius 1 is 0.722 bits per heavy atom. The summed E-state index contributed by atoms with van der Waals surface area (Å²) < 4.78 is 11.3. The van der Waals surface area contributed by atoms with Gasteiger partial charge in [-0.1, -0.05) is 54.6 Å². The van der Waals surface area contributed by atoms with Gasteiger partial charge in [-0.25, -0.2) is 0 Å². The highest BCUT2D eigenvalue weighted by Crippen LogP contribution is 2.21. The standard InChI is InChI=1S/C16H14O2/c1-2-6-13(7-3-1)10-16-17-11-14-8-4-5-9-15(14)12-18-16/h1-10H,11-12H2. The lowest BCUT2D eigenvalue weighted by atomic mass is 10.1.